The van der Waals surface area contributed by atoms with E-state index in [9.17, 15) is 14.4 Å². The van der Waals surface area contributed by atoms with Crippen LogP contribution in [0.2, 0.25) is 0 Å². The van der Waals surface area contributed by atoms with Crippen LogP contribution in [-0.4, -0.2) is 37.8 Å². The third-order valence-corrected chi connectivity index (χ3v) is 4.49. The summed E-state index contributed by atoms with van der Waals surface area (Å²) in [5, 5.41) is 5.49. The molecule has 0 saturated heterocycles. The Kier molecular flexibility index (Phi) is 9.07. The highest BCUT2D eigenvalue weighted by molar-refractivity contribution is 6.04. The zero-order valence-corrected chi connectivity index (χ0v) is 19.4. The predicted octanol–water partition coefficient (Wildman–Crippen LogP) is 4.89. The van der Waals surface area contributed by atoms with Crippen LogP contribution < -0.4 is 24.8 Å². The Morgan fingerprint density at radius 2 is 1.31 bits per heavy atom. The van der Waals surface area contributed by atoms with Crippen molar-refractivity contribution in [1.82, 2.24) is 0 Å². The standard InChI is InChI=1S/C26H26N2O7/c1-3-32-21-12-14-22(15-13-21)34-17-24(29)27-19-6-5-7-20(16-19)28-25(30)18-8-10-23(11-9-18)35-26(31)33-4-2/h5-16H,3-4,17H2,1-2H3,(H,27,29)(H,28,30). The number of hydrogen-bond donors (Lipinski definition) is 2. The molecule has 2 N–H and O–H groups in total. The fraction of sp³-hybridized carbons (Fsp3) is 0.192. The topological polar surface area (TPSA) is 112 Å². The molecule has 3 aromatic carbocycles. The van der Waals surface area contributed by atoms with E-state index in [1.807, 2.05) is 6.92 Å². The maximum absolute atomic E-state index is 12.5. The molecule has 3 aromatic rings. The summed E-state index contributed by atoms with van der Waals surface area (Å²) < 4.78 is 20.6. The third-order valence-electron chi connectivity index (χ3n) is 4.49. The Hall–Kier alpha value is -4.53. The van der Waals surface area contributed by atoms with Gasteiger partial charge in [0.15, 0.2) is 6.61 Å². The number of hydrogen-bond acceptors (Lipinski definition) is 7. The molecule has 3 rings (SSSR count). The molecule has 0 aliphatic rings. The lowest BCUT2D eigenvalue weighted by Gasteiger charge is -2.10. The van der Waals surface area contributed by atoms with Crippen LogP contribution in [0, 0.1) is 0 Å². The van der Waals surface area contributed by atoms with E-state index in [1.54, 1.807) is 55.5 Å². The number of amides is 2. The Balaban J connectivity index is 1.51. The van der Waals surface area contributed by atoms with Gasteiger partial charge in [-0.05, 0) is 80.6 Å². The van der Waals surface area contributed by atoms with Gasteiger partial charge in [0.25, 0.3) is 11.8 Å². The molecule has 9 nitrogen and oxygen atoms in total. The summed E-state index contributed by atoms with van der Waals surface area (Å²) in [5.41, 5.74) is 1.35. The van der Waals surface area contributed by atoms with Crippen molar-refractivity contribution in [3.05, 3.63) is 78.4 Å². The molecule has 2 amide bonds. The molecule has 9 heteroatoms. The van der Waals surface area contributed by atoms with Crippen LogP contribution in [0.3, 0.4) is 0 Å². The molecule has 0 radical (unpaired) electrons. The fourth-order valence-electron chi connectivity index (χ4n) is 2.94. The molecule has 0 aliphatic carbocycles. The normalized spacial score (nSPS) is 10.1. The molecule has 35 heavy (non-hydrogen) atoms. The average Bonchev–Trinajstić information content (AvgIpc) is 2.84. The first-order valence-electron chi connectivity index (χ1n) is 11.0. The Morgan fingerprint density at radius 3 is 1.94 bits per heavy atom. The molecule has 0 spiro atoms. The second kappa shape index (κ2) is 12.6. The van der Waals surface area contributed by atoms with Gasteiger partial charge in [0.1, 0.15) is 17.2 Å². The van der Waals surface area contributed by atoms with Crippen LogP contribution in [0.5, 0.6) is 17.2 Å². The Morgan fingerprint density at radius 1 is 0.714 bits per heavy atom. The number of nitrogens with one attached hydrogen (secondary N) is 2. The number of carbonyl (C=O) groups is 3. The van der Waals surface area contributed by atoms with Crippen LogP contribution in [0.25, 0.3) is 0 Å². The molecule has 0 bridgehead atoms. The van der Waals surface area contributed by atoms with Crippen molar-refractivity contribution in [3.8, 4) is 17.2 Å². The van der Waals surface area contributed by atoms with Crippen molar-refractivity contribution >= 4 is 29.3 Å². The zero-order chi connectivity index (χ0) is 25.0. The van der Waals surface area contributed by atoms with Crippen LogP contribution in [0.15, 0.2) is 72.8 Å². The van der Waals surface area contributed by atoms with Crippen molar-refractivity contribution < 1.29 is 33.3 Å². The lowest BCUT2D eigenvalue weighted by atomic mass is 10.2. The van der Waals surface area contributed by atoms with Gasteiger partial charge in [0, 0.05) is 16.9 Å². The number of ether oxygens (including phenoxy) is 4. The van der Waals surface area contributed by atoms with Crippen molar-refractivity contribution in [3.63, 3.8) is 0 Å². The van der Waals surface area contributed by atoms with Crippen LogP contribution in [0.4, 0.5) is 16.2 Å². The van der Waals surface area contributed by atoms with E-state index in [0.717, 1.165) is 5.75 Å². The second-order valence-electron chi connectivity index (χ2n) is 7.09. The zero-order valence-electron chi connectivity index (χ0n) is 19.4. The molecule has 0 fully saturated rings. The monoisotopic (exact) mass is 478 g/mol. The minimum Gasteiger partial charge on any atom is -0.494 e. The fourth-order valence-corrected chi connectivity index (χ4v) is 2.94. The van der Waals surface area contributed by atoms with E-state index >= 15 is 0 Å². The summed E-state index contributed by atoms with van der Waals surface area (Å²) in [5.74, 6) is 0.819. The van der Waals surface area contributed by atoms with E-state index in [2.05, 4.69) is 10.6 Å². The first-order chi connectivity index (χ1) is 17.0. The molecule has 0 aliphatic heterocycles. The van der Waals surface area contributed by atoms with Gasteiger partial charge in [-0.1, -0.05) is 6.07 Å². The van der Waals surface area contributed by atoms with Crippen molar-refractivity contribution in [1.29, 1.82) is 0 Å². The molecule has 0 unspecified atom stereocenters. The Labute approximate surface area is 203 Å². The average molecular weight is 479 g/mol. The van der Waals surface area contributed by atoms with Crippen molar-refractivity contribution in [2.75, 3.05) is 30.5 Å². The summed E-state index contributed by atoms with van der Waals surface area (Å²) in [4.78, 5) is 36.2. The summed E-state index contributed by atoms with van der Waals surface area (Å²) in [6.07, 6.45) is -0.812. The van der Waals surface area contributed by atoms with Gasteiger partial charge in [-0.15, -0.1) is 0 Å². The van der Waals surface area contributed by atoms with Crippen molar-refractivity contribution in [2.45, 2.75) is 13.8 Å². The maximum Gasteiger partial charge on any atom is 0.513 e. The number of rotatable bonds is 10. The van der Waals surface area contributed by atoms with E-state index in [1.165, 1.54) is 24.3 Å². The molecule has 0 saturated carbocycles. The highest BCUT2D eigenvalue weighted by atomic mass is 16.7. The second-order valence-corrected chi connectivity index (χ2v) is 7.09. The number of carbonyl (C=O) groups excluding carboxylic acids is 3. The summed E-state index contributed by atoms with van der Waals surface area (Å²) in [6, 6.07) is 19.7. The van der Waals surface area contributed by atoms with Crippen LogP contribution in [-0.2, 0) is 9.53 Å². The summed E-state index contributed by atoms with van der Waals surface area (Å²) in [7, 11) is 0. The Bertz CT molecular complexity index is 1150. The SMILES string of the molecule is CCOC(=O)Oc1ccc(C(=O)Nc2cccc(NC(=O)COc3ccc(OCC)cc3)c2)cc1. The van der Waals surface area contributed by atoms with Gasteiger partial charge in [-0.25, -0.2) is 4.79 Å². The molecule has 182 valence electrons. The van der Waals surface area contributed by atoms with Gasteiger partial charge in [0.05, 0.1) is 13.2 Å². The highest BCUT2D eigenvalue weighted by Crippen LogP contribution is 2.19. The van der Waals surface area contributed by atoms with E-state index in [4.69, 9.17) is 18.9 Å². The molecular formula is C26H26N2O7. The summed E-state index contributed by atoms with van der Waals surface area (Å²) in [6.45, 7) is 4.17. The smallest absolute Gasteiger partial charge is 0.494 e. The lowest BCUT2D eigenvalue weighted by Crippen LogP contribution is -2.20. The number of anilines is 2. The maximum atomic E-state index is 12.5. The third kappa shape index (κ3) is 8.08. The minimum atomic E-state index is -0.812. The van der Waals surface area contributed by atoms with Crippen LogP contribution >= 0.6 is 0 Å². The molecule has 0 heterocycles. The number of benzene rings is 3. The molecular weight excluding hydrogens is 452 g/mol. The first-order valence-corrected chi connectivity index (χ1v) is 11.0. The molecule has 0 atom stereocenters. The minimum absolute atomic E-state index is 0.176. The van der Waals surface area contributed by atoms with Gasteiger partial charge in [0.2, 0.25) is 0 Å². The molecule has 0 aromatic heterocycles. The predicted molar refractivity (Wildman–Crippen MR) is 130 cm³/mol. The largest absolute Gasteiger partial charge is 0.513 e. The lowest BCUT2D eigenvalue weighted by molar-refractivity contribution is -0.118. The summed E-state index contributed by atoms with van der Waals surface area (Å²) >= 11 is 0. The van der Waals surface area contributed by atoms with E-state index in [-0.39, 0.29) is 30.8 Å². The highest BCUT2D eigenvalue weighted by Gasteiger charge is 2.10. The van der Waals surface area contributed by atoms with Gasteiger partial charge in [-0.3, -0.25) is 9.59 Å². The van der Waals surface area contributed by atoms with Gasteiger partial charge < -0.3 is 29.6 Å². The van der Waals surface area contributed by atoms with E-state index < -0.39 is 6.16 Å². The quantitative estimate of drug-likeness (QED) is 0.315. The van der Waals surface area contributed by atoms with Crippen LogP contribution in [0.1, 0.15) is 24.2 Å². The van der Waals surface area contributed by atoms with Gasteiger partial charge in [-0.2, -0.15) is 0 Å². The van der Waals surface area contributed by atoms with Gasteiger partial charge >= 0.3 is 6.16 Å². The van der Waals surface area contributed by atoms with E-state index in [0.29, 0.717) is 29.3 Å². The first kappa shape index (κ1) is 25.1. The van der Waals surface area contributed by atoms with Crippen molar-refractivity contribution in [2.24, 2.45) is 0 Å².